The second-order valence-electron chi connectivity index (χ2n) is 3.89. The summed E-state index contributed by atoms with van der Waals surface area (Å²) in [5.74, 6) is 3.24. The average molecular weight is 342 g/mol. The summed E-state index contributed by atoms with van der Waals surface area (Å²) in [6, 6.07) is 8.08. The number of para-hydroxylation sites is 1. The summed E-state index contributed by atoms with van der Waals surface area (Å²) in [6.07, 6.45) is 0. The molecule has 0 aliphatic heterocycles. The van der Waals surface area contributed by atoms with E-state index in [1.165, 1.54) is 24.3 Å². The van der Waals surface area contributed by atoms with Crippen LogP contribution in [0.4, 0.5) is 20.2 Å². The minimum atomic E-state index is -0.670. The normalized spacial score (nSPS) is 10.2. The quantitative estimate of drug-likeness (QED) is 0.592. The Morgan fingerprint density at radius 2 is 1.90 bits per heavy atom. The molecule has 0 radical (unpaired) electrons. The molecule has 2 aromatic rings. The van der Waals surface area contributed by atoms with Crippen LogP contribution in [0, 0.1) is 11.6 Å². The average Bonchev–Trinajstić information content (AvgIpc) is 2.41. The zero-order valence-corrected chi connectivity index (χ0v) is 11.7. The van der Waals surface area contributed by atoms with E-state index in [2.05, 4.69) is 26.7 Å². The van der Waals surface area contributed by atoms with E-state index in [-0.39, 0.29) is 16.9 Å². The van der Waals surface area contributed by atoms with Gasteiger partial charge in [0.1, 0.15) is 11.6 Å². The van der Waals surface area contributed by atoms with Gasteiger partial charge in [0.2, 0.25) is 0 Å². The van der Waals surface area contributed by atoms with E-state index in [0.29, 0.717) is 4.47 Å². The van der Waals surface area contributed by atoms with Crippen molar-refractivity contribution < 1.29 is 13.6 Å². The number of halogens is 3. The maximum atomic E-state index is 13.6. The molecule has 104 valence electrons. The molecule has 2 rings (SSSR count). The van der Waals surface area contributed by atoms with Crippen molar-refractivity contribution >= 4 is 33.2 Å². The van der Waals surface area contributed by atoms with Crippen molar-refractivity contribution in [1.82, 2.24) is 0 Å². The number of nitrogen functional groups attached to an aromatic ring is 1. The summed E-state index contributed by atoms with van der Waals surface area (Å²) >= 11 is 3.11. The zero-order chi connectivity index (χ0) is 14.7. The molecule has 0 spiro atoms. The van der Waals surface area contributed by atoms with Gasteiger partial charge in [-0.05, 0) is 30.3 Å². The van der Waals surface area contributed by atoms with Crippen molar-refractivity contribution in [2.24, 2.45) is 5.84 Å². The number of rotatable bonds is 3. The molecule has 0 saturated carbocycles. The van der Waals surface area contributed by atoms with Crippen LogP contribution < -0.4 is 16.6 Å². The molecule has 0 fully saturated rings. The summed E-state index contributed by atoms with van der Waals surface area (Å²) in [5.41, 5.74) is 1.94. The number of benzene rings is 2. The van der Waals surface area contributed by atoms with Crippen LogP contribution >= 0.6 is 15.9 Å². The molecule has 0 saturated heterocycles. The molecular formula is C13H10BrF2N3O. The molecule has 0 aliphatic rings. The van der Waals surface area contributed by atoms with Crippen molar-refractivity contribution in [3.05, 3.63) is 58.1 Å². The first-order valence-corrected chi connectivity index (χ1v) is 6.33. The second-order valence-corrected chi connectivity index (χ2v) is 4.80. The lowest BCUT2D eigenvalue weighted by molar-refractivity contribution is 0.102. The number of amides is 1. The molecule has 0 heterocycles. The Labute approximate surface area is 122 Å². The number of hydrazine groups is 1. The first-order chi connectivity index (χ1) is 9.52. The number of anilines is 2. The molecule has 7 heteroatoms. The van der Waals surface area contributed by atoms with E-state index in [0.717, 1.165) is 6.07 Å². The van der Waals surface area contributed by atoms with Gasteiger partial charge in [0.25, 0.3) is 5.91 Å². The first kappa shape index (κ1) is 14.4. The van der Waals surface area contributed by atoms with Crippen molar-refractivity contribution in [2.75, 3.05) is 10.7 Å². The van der Waals surface area contributed by atoms with Crippen LogP contribution in [0.3, 0.4) is 0 Å². The number of nitrogens with two attached hydrogens (primary N) is 1. The number of nitrogens with one attached hydrogen (secondary N) is 2. The Morgan fingerprint density at radius 1 is 1.15 bits per heavy atom. The van der Waals surface area contributed by atoms with E-state index in [1.807, 2.05) is 0 Å². The van der Waals surface area contributed by atoms with Gasteiger partial charge in [-0.3, -0.25) is 10.6 Å². The van der Waals surface area contributed by atoms with E-state index in [4.69, 9.17) is 5.84 Å². The van der Waals surface area contributed by atoms with Crippen molar-refractivity contribution in [3.63, 3.8) is 0 Å². The number of hydrogen-bond acceptors (Lipinski definition) is 3. The fourth-order valence-corrected chi connectivity index (χ4v) is 1.97. The van der Waals surface area contributed by atoms with Gasteiger partial charge in [0, 0.05) is 4.47 Å². The fourth-order valence-electron chi connectivity index (χ4n) is 1.64. The Kier molecular flexibility index (Phi) is 4.31. The number of carbonyl (C=O) groups is 1. The molecule has 2 aromatic carbocycles. The van der Waals surface area contributed by atoms with Gasteiger partial charge in [-0.2, -0.15) is 0 Å². The molecule has 20 heavy (non-hydrogen) atoms. The minimum absolute atomic E-state index is 0.00886. The predicted molar refractivity (Wildman–Crippen MR) is 76.3 cm³/mol. The molecule has 0 aromatic heterocycles. The SMILES string of the molecule is NNc1c(F)cccc1C(=O)Nc1ccc(Br)cc1F. The Balaban J connectivity index is 2.31. The highest BCUT2D eigenvalue weighted by Crippen LogP contribution is 2.23. The largest absolute Gasteiger partial charge is 0.321 e. The molecule has 0 unspecified atom stereocenters. The second kappa shape index (κ2) is 5.98. The van der Waals surface area contributed by atoms with Gasteiger partial charge in [-0.25, -0.2) is 8.78 Å². The lowest BCUT2D eigenvalue weighted by Gasteiger charge is -2.11. The monoisotopic (exact) mass is 341 g/mol. The third kappa shape index (κ3) is 2.94. The van der Waals surface area contributed by atoms with E-state index in [1.54, 1.807) is 6.07 Å². The standard InChI is InChI=1S/C13H10BrF2N3O/c14-7-4-5-11(10(16)6-7)18-13(20)8-2-1-3-9(15)12(8)19-17/h1-6,19H,17H2,(H,18,20). The number of carbonyl (C=O) groups excluding carboxylic acids is 1. The Bertz CT molecular complexity index is 664. The van der Waals surface area contributed by atoms with Crippen molar-refractivity contribution in [3.8, 4) is 0 Å². The fraction of sp³-hybridized carbons (Fsp3) is 0. The summed E-state index contributed by atoms with van der Waals surface area (Å²) in [6.45, 7) is 0. The highest BCUT2D eigenvalue weighted by molar-refractivity contribution is 9.10. The molecule has 0 aliphatic carbocycles. The summed E-state index contributed by atoms with van der Waals surface area (Å²) in [4.78, 5) is 12.0. The first-order valence-electron chi connectivity index (χ1n) is 5.54. The van der Waals surface area contributed by atoms with Gasteiger partial charge < -0.3 is 10.7 Å². The number of hydrogen-bond donors (Lipinski definition) is 3. The molecule has 1 amide bonds. The van der Waals surface area contributed by atoms with E-state index >= 15 is 0 Å². The predicted octanol–water partition coefficient (Wildman–Crippen LogP) is 3.27. The van der Waals surface area contributed by atoms with Gasteiger partial charge in [-0.15, -0.1) is 0 Å². The van der Waals surface area contributed by atoms with Crippen LogP contribution in [0.1, 0.15) is 10.4 Å². The summed E-state index contributed by atoms with van der Waals surface area (Å²) in [5, 5.41) is 2.36. The Hall–Kier alpha value is -1.99. The molecule has 4 N–H and O–H groups in total. The van der Waals surface area contributed by atoms with Crippen LogP contribution in [-0.4, -0.2) is 5.91 Å². The zero-order valence-electron chi connectivity index (χ0n) is 10.1. The van der Waals surface area contributed by atoms with E-state index in [9.17, 15) is 13.6 Å². The lowest BCUT2D eigenvalue weighted by atomic mass is 10.1. The van der Waals surface area contributed by atoms with Gasteiger partial charge in [0.05, 0.1) is 16.9 Å². The maximum absolute atomic E-state index is 13.6. The van der Waals surface area contributed by atoms with Gasteiger partial charge >= 0.3 is 0 Å². The molecule has 0 atom stereocenters. The van der Waals surface area contributed by atoms with Crippen LogP contribution in [-0.2, 0) is 0 Å². The third-order valence-electron chi connectivity index (χ3n) is 2.58. The minimum Gasteiger partial charge on any atom is -0.321 e. The van der Waals surface area contributed by atoms with Gasteiger partial charge in [0.15, 0.2) is 0 Å². The van der Waals surface area contributed by atoms with Gasteiger partial charge in [-0.1, -0.05) is 22.0 Å². The summed E-state index contributed by atoms with van der Waals surface area (Å²) < 4.78 is 27.7. The molecular weight excluding hydrogens is 332 g/mol. The highest BCUT2D eigenvalue weighted by atomic mass is 79.9. The van der Waals surface area contributed by atoms with Crippen LogP contribution in [0.2, 0.25) is 0 Å². The van der Waals surface area contributed by atoms with Crippen LogP contribution in [0.25, 0.3) is 0 Å². The topological polar surface area (TPSA) is 67.1 Å². The maximum Gasteiger partial charge on any atom is 0.257 e. The lowest BCUT2D eigenvalue weighted by Crippen LogP contribution is -2.18. The highest BCUT2D eigenvalue weighted by Gasteiger charge is 2.15. The summed E-state index contributed by atoms with van der Waals surface area (Å²) in [7, 11) is 0. The molecule has 0 bridgehead atoms. The Morgan fingerprint density at radius 3 is 2.55 bits per heavy atom. The smallest absolute Gasteiger partial charge is 0.257 e. The third-order valence-corrected chi connectivity index (χ3v) is 3.08. The van der Waals surface area contributed by atoms with Crippen molar-refractivity contribution in [1.29, 1.82) is 0 Å². The van der Waals surface area contributed by atoms with Crippen LogP contribution in [0.15, 0.2) is 40.9 Å². The van der Waals surface area contributed by atoms with E-state index < -0.39 is 17.5 Å². The van der Waals surface area contributed by atoms with Crippen molar-refractivity contribution in [2.45, 2.75) is 0 Å². The molecule has 4 nitrogen and oxygen atoms in total. The van der Waals surface area contributed by atoms with Crippen LogP contribution in [0.5, 0.6) is 0 Å².